The Morgan fingerprint density at radius 2 is 1.60 bits per heavy atom. The Morgan fingerprint density at radius 3 is 2.25 bits per heavy atom. The van der Waals surface area contributed by atoms with Crippen molar-refractivity contribution in [3.8, 4) is 5.75 Å². The molecule has 0 heterocycles. The molecular formula is C17H18O3. The van der Waals surface area contributed by atoms with Crippen molar-refractivity contribution in [1.82, 2.24) is 0 Å². The summed E-state index contributed by atoms with van der Waals surface area (Å²) in [4.78, 5) is 11.0. The number of ether oxygens (including phenoxy) is 2. The second-order valence-corrected chi connectivity index (χ2v) is 4.48. The van der Waals surface area contributed by atoms with E-state index >= 15 is 0 Å². The zero-order chi connectivity index (χ0) is 14.2. The maximum Gasteiger partial charge on any atom is 0.308 e. The van der Waals surface area contributed by atoms with Gasteiger partial charge in [0.15, 0.2) is 0 Å². The van der Waals surface area contributed by atoms with E-state index in [9.17, 15) is 4.79 Å². The smallest absolute Gasteiger partial charge is 0.308 e. The summed E-state index contributed by atoms with van der Waals surface area (Å²) in [6.07, 6.45) is 1.17. The molecule has 2 aromatic rings. The van der Waals surface area contributed by atoms with Crippen LogP contribution in [0.4, 0.5) is 0 Å². The molecule has 0 bridgehead atoms. The van der Waals surface area contributed by atoms with E-state index < -0.39 is 0 Å². The third kappa shape index (κ3) is 4.43. The highest BCUT2D eigenvalue weighted by molar-refractivity contribution is 5.69. The summed E-state index contributed by atoms with van der Waals surface area (Å²) >= 11 is 0. The van der Waals surface area contributed by atoms with Crippen LogP contribution in [0.15, 0.2) is 54.6 Å². The molecule has 20 heavy (non-hydrogen) atoms. The van der Waals surface area contributed by atoms with E-state index in [4.69, 9.17) is 4.74 Å². The van der Waals surface area contributed by atoms with E-state index in [0.717, 1.165) is 12.2 Å². The van der Waals surface area contributed by atoms with Gasteiger partial charge in [-0.2, -0.15) is 0 Å². The van der Waals surface area contributed by atoms with Crippen LogP contribution in [0.1, 0.15) is 17.5 Å². The molecule has 0 fully saturated rings. The van der Waals surface area contributed by atoms with Gasteiger partial charge in [0.1, 0.15) is 5.75 Å². The maximum atomic E-state index is 11.0. The minimum absolute atomic E-state index is 0.259. The van der Waals surface area contributed by atoms with Crippen LogP contribution < -0.4 is 4.74 Å². The standard InChI is InChI=1S/C17H18O3/c1-19-17(18)11-12-20-16-9-7-15(8-10-16)13-14-5-3-2-4-6-14/h2-10H,11-13H2,1H3. The van der Waals surface area contributed by atoms with Crippen LogP contribution >= 0.6 is 0 Å². The van der Waals surface area contributed by atoms with Gasteiger partial charge in [-0.25, -0.2) is 0 Å². The van der Waals surface area contributed by atoms with Gasteiger partial charge in [0.2, 0.25) is 0 Å². The average molecular weight is 270 g/mol. The van der Waals surface area contributed by atoms with E-state index in [-0.39, 0.29) is 12.4 Å². The second-order valence-electron chi connectivity index (χ2n) is 4.48. The van der Waals surface area contributed by atoms with E-state index in [1.165, 1.54) is 18.2 Å². The van der Waals surface area contributed by atoms with E-state index in [2.05, 4.69) is 16.9 Å². The van der Waals surface area contributed by atoms with E-state index in [1.54, 1.807) is 0 Å². The molecule has 2 aromatic carbocycles. The molecule has 0 radical (unpaired) electrons. The highest BCUT2D eigenvalue weighted by atomic mass is 16.5. The fourth-order valence-corrected chi connectivity index (χ4v) is 1.89. The first kappa shape index (κ1) is 14.1. The van der Waals surface area contributed by atoms with E-state index in [1.807, 2.05) is 42.5 Å². The Labute approximate surface area is 119 Å². The van der Waals surface area contributed by atoms with Crippen molar-refractivity contribution < 1.29 is 14.3 Å². The van der Waals surface area contributed by atoms with Crippen molar-refractivity contribution in [1.29, 1.82) is 0 Å². The molecule has 0 amide bonds. The molecule has 0 aliphatic carbocycles. The molecule has 0 unspecified atom stereocenters. The third-order valence-electron chi connectivity index (χ3n) is 2.98. The van der Waals surface area contributed by atoms with Gasteiger partial charge in [-0.3, -0.25) is 4.79 Å². The molecule has 0 N–H and O–H groups in total. The van der Waals surface area contributed by atoms with Crippen LogP contribution in [0, 0.1) is 0 Å². The number of rotatable bonds is 6. The molecular weight excluding hydrogens is 252 g/mol. The van der Waals surface area contributed by atoms with Gasteiger partial charge >= 0.3 is 5.97 Å². The molecule has 104 valence electrons. The van der Waals surface area contributed by atoms with Gasteiger partial charge in [0, 0.05) is 0 Å². The number of esters is 1. The predicted molar refractivity (Wildman–Crippen MR) is 77.8 cm³/mol. The van der Waals surface area contributed by atoms with Crippen molar-refractivity contribution >= 4 is 5.97 Å². The third-order valence-corrected chi connectivity index (χ3v) is 2.98. The van der Waals surface area contributed by atoms with Gasteiger partial charge in [0.25, 0.3) is 0 Å². The monoisotopic (exact) mass is 270 g/mol. The molecule has 0 spiro atoms. The highest BCUT2D eigenvalue weighted by Gasteiger charge is 2.01. The zero-order valence-electron chi connectivity index (χ0n) is 11.5. The molecule has 3 nitrogen and oxygen atoms in total. The van der Waals surface area contributed by atoms with Gasteiger partial charge in [-0.1, -0.05) is 42.5 Å². The number of benzene rings is 2. The summed E-state index contributed by atoms with van der Waals surface area (Å²) in [5, 5.41) is 0. The molecule has 2 rings (SSSR count). The van der Waals surface area contributed by atoms with Crippen LogP contribution in [-0.2, 0) is 16.0 Å². The van der Waals surface area contributed by atoms with Crippen molar-refractivity contribution in [2.45, 2.75) is 12.8 Å². The number of methoxy groups -OCH3 is 1. The topological polar surface area (TPSA) is 35.5 Å². The Hall–Kier alpha value is -2.29. The first-order valence-electron chi connectivity index (χ1n) is 6.60. The van der Waals surface area contributed by atoms with Crippen LogP contribution in [0.2, 0.25) is 0 Å². The lowest BCUT2D eigenvalue weighted by Crippen LogP contribution is -2.07. The van der Waals surface area contributed by atoms with Gasteiger partial charge in [-0.15, -0.1) is 0 Å². The quantitative estimate of drug-likeness (QED) is 0.756. The fourth-order valence-electron chi connectivity index (χ4n) is 1.89. The second kappa shape index (κ2) is 7.34. The molecule has 3 heteroatoms. The normalized spacial score (nSPS) is 10.1. The Bertz CT molecular complexity index is 532. The molecule has 0 atom stereocenters. The summed E-state index contributed by atoms with van der Waals surface area (Å²) in [5.41, 5.74) is 2.52. The maximum absolute atomic E-state index is 11.0. The number of hydrogen-bond acceptors (Lipinski definition) is 3. The SMILES string of the molecule is COC(=O)CCOc1ccc(Cc2ccccc2)cc1. The first-order valence-corrected chi connectivity index (χ1v) is 6.60. The Morgan fingerprint density at radius 1 is 0.950 bits per heavy atom. The van der Waals surface area contributed by atoms with Crippen molar-refractivity contribution in [3.63, 3.8) is 0 Å². The lowest BCUT2D eigenvalue weighted by Gasteiger charge is -2.07. The highest BCUT2D eigenvalue weighted by Crippen LogP contribution is 2.15. The van der Waals surface area contributed by atoms with Crippen molar-refractivity contribution in [2.24, 2.45) is 0 Å². The molecule has 0 aliphatic rings. The Kier molecular flexibility index (Phi) is 5.18. The zero-order valence-corrected chi connectivity index (χ0v) is 11.5. The lowest BCUT2D eigenvalue weighted by molar-refractivity contribution is -0.141. The van der Waals surface area contributed by atoms with Crippen LogP contribution in [0.3, 0.4) is 0 Å². The van der Waals surface area contributed by atoms with Gasteiger partial charge < -0.3 is 9.47 Å². The van der Waals surface area contributed by atoms with Gasteiger partial charge in [-0.05, 0) is 29.7 Å². The van der Waals surface area contributed by atoms with E-state index in [0.29, 0.717) is 6.61 Å². The largest absolute Gasteiger partial charge is 0.493 e. The molecule has 0 saturated heterocycles. The summed E-state index contributed by atoms with van der Waals surface area (Å²) in [6, 6.07) is 18.3. The van der Waals surface area contributed by atoms with Crippen LogP contribution in [-0.4, -0.2) is 19.7 Å². The molecule has 0 aromatic heterocycles. The number of carbonyl (C=O) groups excluding carboxylic acids is 1. The summed E-state index contributed by atoms with van der Waals surface area (Å²) in [5.74, 6) is 0.511. The lowest BCUT2D eigenvalue weighted by atomic mass is 10.1. The van der Waals surface area contributed by atoms with Crippen LogP contribution in [0.25, 0.3) is 0 Å². The van der Waals surface area contributed by atoms with Gasteiger partial charge in [0.05, 0.1) is 20.1 Å². The minimum Gasteiger partial charge on any atom is -0.493 e. The van der Waals surface area contributed by atoms with Crippen molar-refractivity contribution in [3.05, 3.63) is 65.7 Å². The van der Waals surface area contributed by atoms with Crippen LogP contribution in [0.5, 0.6) is 5.75 Å². The Balaban J connectivity index is 1.85. The average Bonchev–Trinajstić information content (AvgIpc) is 2.50. The molecule has 0 saturated carbocycles. The minimum atomic E-state index is -0.259. The number of carbonyl (C=O) groups is 1. The summed E-state index contributed by atoms with van der Waals surface area (Å²) < 4.78 is 10.0. The number of hydrogen-bond donors (Lipinski definition) is 0. The van der Waals surface area contributed by atoms with Crippen molar-refractivity contribution in [2.75, 3.05) is 13.7 Å². The predicted octanol–water partition coefficient (Wildman–Crippen LogP) is 3.22. The fraction of sp³-hybridized carbons (Fsp3) is 0.235. The summed E-state index contributed by atoms with van der Waals surface area (Å²) in [7, 11) is 1.38. The molecule has 0 aliphatic heterocycles. The first-order chi connectivity index (χ1) is 9.78. The summed E-state index contributed by atoms with van der Waals surface area (Å²) in [6.45, 7) is 0.338.